The fourth-order valence-corrected chi connectivity index (χ4v) is 1.71. The zero-order valence-corrected chi connectivity index (χ0v) is 11.6. The zero-order chi connectivity index (χ0) is 12.8. The van der Waals surface area contributed by atoms with Gasteiger partial charge in [-0.15, -0.1) is 0 Å². The molecule has 5 heteroatoms. The van der Waals surface area contributed by atoms with Crippen LogP contribution >= 0.6 is 15.9 Å². The molecule has 0 aliphatic carbocycles. The molecule has 17 heavy (non-hydrogen) atoms. The molecule has 1 aromatic rings. The van der Waals surface area contributed by atoms with Crippen LogP contribution in [0.2, 0.25) is 0 Å². The quantitative estimate of drug-likeness (QED) is 0.875. The Kier molecular flexibility index (Phi) is 5.61. The topological polar surface area (TPSA) is 64.3 Å². The summed E-state index contributed by atoms with van der Waals surface area (Å²) in [6, 6.07) is 5.10. The Hall–Kier alpha value is -0.910. The van der Waals surface area contributed by atoms with Crippen LogP contribution in [-0.4, -0.2) is 25.7 Å². The summed E-state index contributed by atoms with van der Waals surface area (Å²) < 4.78 is 5.85. The second-order valence-electron chi connectivity index (χ2n) is 3.79. The van der Waals surface area contributed by atoms with Crippen molar-refractivity contribution in [2.24, 2.45) is 5.73 Å². The highest BCUT2D eigenvalue weighted by molar-refractivity contribution is 9.10. The van der Waals surface area contributed by atoms with E-state index in [2.05, 4.69) is 21.2 Å². The van der Waals surface area contributed by atoms with Crippen molar-refractivity contribution in [2.75, 3.05) is 19.0 Å². The average Bonchev–Trinajstić information content (AvgIpc) is 2.31. The lowest BCUT2D eigenvalue weighted by molar-refractivity contribution is -0.117. The summed E-state index contributed by atoms with van der Waals surface area (Å²) in [4.78, 5) is 11.8. The first-order chi connectivity index (χ1) is 8.06. The Bertz CT molecular complexity index is 396. The number of anilines is 1. The van der Waals surface area contributed by atoms with Crippen LogP contribution in [0, 0.1) is 6.92 Å². The number of methoxy groups -OCH3 is 1. The van der Waals surface area contributed by atoms with Crippen molar-refractivity contribution in [3.63, 3.8) is 0 Å². The number of nitrogens with one attached hydrogen (secondary N) is 1. The van der Waals surface area contributed by atoms with Gasteiger partial charge >= 0.3 is 0 Å². The molecule has 1 aromatic carbocycles. The Morgan fingerprint density at radius 3 is 2.94 bits per heavy atom. The van der Waals surface area contributed by atoms with E-state index in [4.69, 9.17) is 10.5 Å². The standard InChI is InChI=1S/C12H17BrN2O2/c1-8-9(13)4-3-5-11(8)15-12(16)10(14)6-7-17-2/h3-5,10H,6-7,14H2,1-2H3,(H,15,16). The van der Waals surface area contributed by atoms with Gasteiger partial charge in [-0.25, -0.2) is 0 Å². The maximum absolute atomic E-state index is 11.8. The normalized spacial score (nSPS) is 12.2. The minimum atomic E-state index is -0.548. The van der Waals surface area contributed by atoms with E-state index in [9.17, 15) is 4.79 Å². The summed E-state index contributed by atoms with van der Waals surface area (Å²) in [6.07, 6.45) is 0.509. The zero-order valence-electron chi connectivity index (χ0n) is 10.00. The number of halogens is 1. The molecule has 4 nitrogen and oxygen atoms in total. The summed E-state index contributed by atoms with van der Waals surface area (Å²) in [5, 5.41) is 2.81. The van der Waals surface area contributed by atoms with E-state index in [0.717, 1.165) is 15.7 Å². The second-order valence-corrected chi connectivity index (χ2v) is 4.64. The van der Waals surface area contributed by atoms with Crippen LogP contribution in [0.25, 0.3) is 0 Å². The summed E-state index contributed by atoms with van der Waals surface area (Å²) >= 11 is 3.41. The van der Waals surface area contributed by atoms with Crippen molar-refractivity contribution in [2.45, 2.75) is 19.4 Å². The molecule has 0 saturated carbocycles. The molecule has 1 rings (SSSR count). The summed E-state index contributed by atoms with van der Waals surface area (Å²) in [5.41, 5.74) is 7.50. The third kappa shape index (κ3) is 4.11. The Morgan fingerprint density at radius 2 is 2.29 bits per heavy atom. The van der Waals surface area contributed by atoms with Crippen LogP contribution < -0.4 is 11.1 Å². The number of benzene rings is 1. The molecule has 0 aliphatic heterocycles. The number of nitrogens with two attached hydrogens (primary N) is 1. The molecule has 0 fully saturated rings. The third-order valence-electron chi connectivity index (χ3n) is 2.50. The first-order valence-corrected chi connectivity index (χ1v) is 6.16. The van der Waals surface area contributed by atoms with Crippen molar-refractivity contribution < 1.29 is 9.53 Å². The molecule has 0 aromatic heterocycles. The van der Waals surface area contributed by atoms with Crippen LogP contribution in [0.1, 0.15) is 12.0 Å². The first-order valence-electron chi connectivity index (χ1n) is 5.36. The maximum Gasteiger partial charge on any atom is 0.241 e. The van der Waals surface area contributed by atoms with E-state index >= 15 is 0 Å². The van der Waals surface area contributed by atoms with E-state index in [1.807, 2.05) is 25.1 Å². The van der Waals surface area contributed by atoms with Gasteiger partial charge in [0.15, 0.2) is 0 Å². The van der Waals surface area contributed by atoms with Gasteiger partial charge in [0.1, 0.15) is 0 Å². The van der Waals surface area contributed by atoms with E-state index < -0.39 is 6.04 Å². The van der Waals surface area contributed by atoms with Gasteiger partial charge < -0.3 is 15.8 Å². The molecular formula is C12H17BrN2O2. The fraction of sp³-hybridized carbons (Fsp3) is 0.417. The molecule has 94 valence electrons. The number of ether oxygens (including phenoxy) is 1. The lowest BCUT2D eigenvalue weighted by atomic mass is 10.1. The fourth-order valence-electron chi connectivity index (χ4n) is 1.34. The number of rotatable bonds is 5. The van der Waals surface area contributed by atoms with Crippen LogP contribution in [-0.2, 0) is 9.53 Å². The number of amides is 1. The van der Waals surface area contributed by atoms with Gasteiger partial charge in [0.2, 0.25) is 5.91 Å². The number of carbonyl (C=O) groups excluding carboxylic acids is 1. The van der Waals surface area contributed by atoms with Gasteiger partial charge in [0.25, 0.3) is 0 Å². The van der Waals surface area contributed by atoms with Gasteiger partial charge in [-0.2, -0.15) is 0 Å². The Balaban J connectivity index is 2.64. The molecule has 0 heterocycles. The second kappa shape index (κ2) is 6.74. The van der Waals surface area contributed by atoms with Crippen LogP contribution in [0.5, 0.6) is 0 Å². The molecule has 1 unspecified atom stereocenters. The first kappa shape index (κ1) is 14.2. The smallest absolute Gasteiger partial charge is 0.241 e. The lowest BCUT2D eigenvalue weighted by Crippen LogP contribution is -2.36. The van der Waals surface area contributed by atoms with E-state index in [1.165, 1.54) is 0 Å². The van der Waals surface area contributed by atoms with Crippen LogP contribution in [0.15, 0.2) is 22.7 Å². The van der Waals surface area contributed by atoms with E-state index in [0.29, 0.717) is 13.0 Å². The highest BCUT2D eigenvalue weighted by atomic mass is 79.9. The van der Waals surface area contributed by atoms with Gasteiger partial charge in [-0.1, -0.05) is 22.0 Å². The summed E-state index contributed by atoms with van der Waals surface area (Å²) in [6.45, 7) is 2.41. The highest BCUT2D eigenvalue weighted by Gasteiger charge is 2.14. The molecule has 0 radical (unpaired) electrons. The predicted octanol–water partition coefficient (Wildman–Crippen LogP) is 2.06. The molecule has 0 spiro atoms. The maximum atomic E-state index is 11.8. The van der Waals surface area contributed by atoms with Gasteiger partial charge in [0, 0.05) is 23.9 Å². The van der Waals surface area contributed by atoms with Gasteiger partial charge in [-0.05, 0) is 31.0 Å². The summed E-state index contributed by atoms with van der Waals surface area (Å²) in [5.74, 6) is -0.191. The minimum Gasteiger partial charge on any atom is -0.385 e. The van der Waals surface area contributed by atoms with Crippen LogP contribution in [0.4, 0.5) is 5.69 Å². The number of hydrogen-bond acceptors (Lipinski definition) is 3. The average molecular weight is 301 g/mol. The number of carbonyl (C=O) groups is 1. The van der Waals surface area contributed by atoms with Crippen molar-refractivity contribution in [1.29, 1.82) is 0 Å². The highest BCUT2D eigenvalue weighted by Crippen LogP contribution is 2.23. The molecule has 1 amide bonds. The Morgan fingerprint density at radius 1 is 1.59 bits per heavy atom. The van der Waals surface area contributed by atoms with E-state index in [-0.39, 0.29) is 5.91 Å². The molecule has 3 N–H and O–H groups in total. The van der Waals surface area contributed by atoms with Crippen molar-refractivity contribution >= 4 is 27.5 Å². The monoisotopic (exact) mass is 300 g/mol. The van der Waals surface area contributed by atoms with Gasteiger partial charge in [0.05, 0.1) is 6.04 Å². The molecule has 0 aliphatic rings. The molecule has 0 saturated heterocycles. The summed E-state index contributed by atoms with van der Waals surface area (Å²) in [7, 11) is 1.59. The molecular weight excluding hydrogens is 284 g/mol. The van der Waals surface area contributed by atoms with Crippen LogP contribution in [0.3, 0.4) is 0 Å². The lowest BCUT2D eigenvalue weighted by Gasteiger charge is -2.13. The Labute approximate surface area is 110 Å². The van der Waals surface area contributed by atoms with Crippen molar-refractivity contribution in [1.82, 2.24) is 0 Å². The van der Waals surface area contributed by atoms with Gasteiger partial charge in [-0.3, -0.25) is 4.79 Å². The SMILES string of the molecule is COCCC(N)C(=O)Nc1cccc(Br)c1C. The minimum absolute atomic E-state index is 0.191. The third-order valence-corrected chi connectivity index (χ3v) is 3.35. The van der Waals surface area contributed by atoms with E-state index in [1.54, 1.807) is 7.11 Å². The van der Waals surface area contributed by atoms with Crippen molar-refractivity contribution in [3.05, 3.63) is 28.2 Å². The molecule has 0 bridgehead atoms. The largest absolute Gasteiger partial charge is 0.385 e. The predicted molar refractivity (Wildman–Crippen MR) is 72.0 cm³/mol. The van der Waals surface area contributed by atoms with Crippen molar-refractivity contribution in [3.8, 4) is 0 Å². The number of hydrogen-bond donors (Lipinski definition) is 2. The molecule has 1 atom stereocenters.